The second-order valence-electron chi connectivity index (χ2n) is 6.86. The Morgan fingerprint density at radius 1 is 1.19 bits per heavy atom. The highest BCUT2D eigenvalue weighted by atomic mass is 35.5. The highest BCUT2D eigenvalue weighted by molar-refractivity contribution is 7.99. The van der Waals surface area contributed by atoms with E-state index in [2.05, 4.69) is 29.2 Å². The molecule has 0 aliphatic carbocycles. The summed E-state index contributed by atoms with van der Waals surface area (Å²) in [5.41, 5.74) is 3.70. The molecule has 27 heavy (non-hydrogen) atoms. The van der Waals surface area contributed by atoms with Gasteiger partial charge in [0.05, 0.1) is 5.69 Å². The predicted octanol–water partition coefficient (Wildman–Crippen LogP) is 2.04. The molecular weight excluding hydrogens is 429 g/mol. The molecule has 2 aliphatic heterocycles. The van der Waals surface area contributed by atoms with Gasteiger partial charge in [-0.25, -0.2) is 0 Å². The summed E-state index contributed by atoms with van der Waals surface area (Å²) in [6.45, 7) is 9.77. The van der Waals surface area contributed by atoms with Crippen molar-refractivity contribution in [2.75, 3.05) is 44.2 Å². The third-order valence-electron chi connectivity index (χ3n) is 5.19. The fourth-order valence-electron chi connectivity index (χ4n) is 3.52. The van der Waals surface area contributed by atoms with Crippen molar-refractivity contribution in [1.82, 2.24) is 24.9 Å². The number of carbonyl (C=O) groups excluding carboxylic acids is 1. The maximum atomic E-state index is 12.5. The lowest BCUT2D eigenvalue weighted by atomic mass is 10.1. The Hall–Kier alpha value is -0.180. The monoisotopic (exact) mass is 459 g/mol. The van der Waals surface area contributed by atoms with Crippen molar-refractivity contribution in [2.24, 2.45) is 7.05 Å². The van der Waals surface area contributed by atoms with Crippen LogP contribution >= 0.6 is 49.0 Å². The summed E-state index contributed by atoms with van der Waals surface area (Å²) in [6.07, 6.45) is 0.647. The molecule has 10 heteroatoms. The van der Waals surface area contributed by atoms with Crippen molar-refractivity contribution in [1.29, 1.82) is 0 Å². The van der Waals surface area contributed by atoms with Crippen LogP contribution in [-0.4, -0.2) is 75.8 Å². The lowest BCUT2D eigenvalue weighted by Crippen LogP contribution is -2.50. The zero-order valence-electron chi connectivity index (χ0n) is 16.3. The number of halogens is 3. The summed E-state index contributed by atoms with van der Waals surface area (Å²) in [6, 6.07) is 0.356. The topological polar surface area (TPSA) is 53.4 Å². The number of aryl methyl sites for hydroxylation is 2. The second-order valence-corrected chi connectivity index (χ2v) is 8.01. The Kier molecular flexibility index (Phi) is 12.3. The van der Waals surface area contributed by atoms with E-state index in [4.69, 9.17) is 0 Å². The molecule has 158 valence electrons. The van der Waals surface area contributed by atoms with E-state index in [1.54, 1.807) is 0 Å². The SMILES string of the molecule is Cc1nn(C)c(C)c1CN1CCN(C(=O)CC2CSCCN2)CC1.Cl.Cl.Cl. The van der Waals surface area contributed by atoms with E-state index in [1.807, 2.05) is 28.4 Å². The van der Waals surface area contributed by atoms with Crippen LogP contribution in [0.1, 0.15) is 23.4 Å². The lowest BCUT2D eigenvalue weighted by molar-refractivity contribution is -0.133. The molecule has 0 bridgehead atoms. The fourth-order valence-corrected chi connectivity index (χ4v) is 4.47. The number of rotatable bonds is 4. The molecule has 1 N–H and O–H groups in total. The van der Waals surface area contributed by atoms with Crippen LogP contribution in [0, 0.1) is 13.8 Å². The van der Waals surface area contributed by atoms with Crippen molar-refractivity contribution in [3.8, 4) is 0 Å². The number of amides is 1. The van der Waals surface area contributed by atoms with Crippen LogP contribution in [-0.2, 0) is 18.4 Å². The smallest absolute Gasteiger partial charge is 0.224 e. The van der Waals surface area contributed by atoms with Crippen LogP contribution in [0.2, 0.25) is 0 Å². The molecular formula is C17H32Cl3N5OS. The van der Waals surface area contributed by atoms with Crippen molar-refractivity contribution in [2.45, 2.75) is 32.9 Å². The largest absolute Gasteiger partial charge is 0.340 e. The van der Waals surface area contributed by atoms with Gasteiger partial charge in [-0.1, -0.05) is 0 Å². The van der Waals surface area contributed by atoms with Gasteiger partial charge in [-0.05, 0) is 13.8 Å². The Balaban J connectivity index is 0.00000225. The molecule has 3 heterocycles. The van der Waals surface area contributed by atoms with E-state index in [1.165, 1.54) is 11.3 Å². The van der Waals surface area contributed by atoms with Gasteiger partial charge in [0.15, 0.2) is 0 Å². The molecule has 0 spiro atoms. The Labute approximate surface area is 185 Å². The molecule has 1 atom stereocenters. The van der Waals surface area contributed by atoms with Gasteiger partial charge in [0, 0.05) is 81.5 Å². The number of carbonyl (C=O) groups is 1. The van der Waals surface area contributed by atoms with E-state index >= 15 is 0 Å². The average molecular weight is 461 g/mol. The van der Waals surface area contributed by atoms with Crippen molar-refractivity contribution in [3.63, 3.8) is 0 Å². The maximum Gasteiger partial charge on any atom is 0.224 e. The number of nitrogens with zero attached hydrogens (tertiary/aromatic N) is 4. The molecule has 6 nitrogen and oxygen atoms in total. The molecule has 1 aromatic rings. The Morgan fingerprint density at radius 3 is 2.37 bits per heavy atom. The summed E-state index contributed by atoms with van der Waals surface area (Å²) >= 11 is 1.95. The Bertz CT molecular complexity index is 587. The van der Waals surface area contributed by atoms with E-state index in [0.29, 0.717) is 18.4 Å². The van der Waals surface area contributed by atoms with Crippen molar-refractivity contribution >= 4 is 54.9 Å². The standard InChI is InChI=1S/C17H29N5OS.3ClH/c1-13-16(14(2)20(3)19-13)11-21-5-7-22(8-6-21)17(23)10-15-12-24-9-4-18-15;;;/h15,18H,4-12H2,1-3H3;3*1H. The van der Waals surface area contributed by atoms with Crippen molar-refractivity contribution < 1.29 is 4.79 Å². The minimum Gasteiger partial charge on any atom is -0.340 e. The molecule has 1 unspecified atom stereocenters. The van der Waals surface area contributed by atoms with E-state index in [9.17, 15) is 4.79 Å². The van der Waals surface area contributed by atoms with Crippen LogP contribution in [0.3, 0.4) is 0 Å². The third-order valence-corrected chi connectivity index (χ3v) is 6.32. The summed E-state index contributed by atoms with van der Waals surface area (Å²) in [7, 11) is 2.00. The number of thioether (sulfide) groups is 1. The summed E-state index contributed by atoms with van der Waals surface area (Å²) in [5.74, 6) is 2.53. The fraction of sp³-hybridized carbons (Fsp3) is 0.765. The number of piperazine rings is 1. The minimum atomic E-state index is 0. The van der Waals surface area contributed by atoms with Gasteiger partial charge in [0.1, 0.15) is 0 Å². The van der Waals surface area contributed by atoms with Crippen LogP contribution in [0.25, 0.3) is 0 Å². The van der Waals surface area contributed by atoms with Gasteiger partial charge in [-0.3, -0.25) is 14.4 Å². The average Bonchev–Trinajstić information content (AvgIpc) is 2.83. The highest BCUT2D eigenvalue weighted by Crippen LogP contribution is 2.17. The molecule has 0 saturated carbocycles. The first-order chi connectivity index (χ1) is 11.5. The van der Waals surface area contributed by atoms with Gasteiger partial charge in [0.25, 0.3) is 0 Å². The molecule has 3 rings (SSSR count). The van der Waals surface area contributed by atoms with Gasteiger partial charge in [0.2, 0.25) is 5.91 Å². The Morgan fingerprint density at radius 2 is 1.85 bits per heavy atom. The van der Waals surface area contributed by atoms with E-state index < -0.39 is 0 Å². The lowest BCUT2D eigenvalue weighted by Gasteiger charge is -2.35. The third kappa shape index (κ3) is 6.98. The second kappa shape index (κ2) is 12.4. The molecule has 1 aromatic heterocycles. The molecule has 0 aromatic carbocycles. The van der Waals surface area contributed by atoms with Gasteiger partial charge in [-0.15, -0.1) is 37.2 Å². The normalized spacial score (nSPS) is 20.3. The molecule has 2 aliphatic rings. The van der Waals surface area contributed by atoms with Crippen LogP contribution in [0.15, 0.2) is 0 Å². The molecule has 2 saturated heterocycles. The maximum absolute atomic E-state index is 12.5. The first-order valence-electron chi connectivity index (χ1n) is 8.85. The quantitative estimate of drug-likeness (QED) is 0.745. The first kappa shape index (κ1) is 26.8. The van der Waals surface area contributed by atoms with Crippen LogP contribution < -0.4 is 5.32 Å². The highest BCUT2D eigenvalue weighted by Gasteiger charge is 2.25. The van der Waals surface area contributed by atoms with Crippen LogP contribution in [0.4, 0.5) is 0 Å². The number of hydrogen-bond acceptors (Lipinski definition) is 5. The number of aromatic nitrogens is 2. The van der Waals surface area contributed by atoms with Crippen molar-refractivity contribution in [3.05, 3.63) is 17.0 Å². The molecule has 1 amide bonds. The zero-order valence-corrected chi connectivity index (χ0v) is 19.5. The van der Waals surface area contributed by atoms with Gasteiger partial charge in [-0.2, -0.15) is 16.9 Å². The predicted molar refractivity (Wildman–Crippen MR) is 120 cm³/mol. The minimum absolute atomic E-state index is 0. The number of nitrogens with one attached hydrogen (secondary N) is 1. The van der Waals surface area contributed by atoms with Gasteiger partial charge >= 0.3 is 0 Å². The van der Waals surface area contributed by atoms with E-state index in [0.717, 1.165) is 56.5 Å². The number of hydrogen-bond donors (Lipinski definition) is 1. The van der Waals surface area contributed by atoms with Crippen LogP contribution in [0.5, 0.6) is 0 Å². The summed E-state index contributed by atoms with van der Waals surface area (Å²) < 4.78 is 1.96. The van der Waals surface area contributed by atoms with E-state index in [-0.39, 0.29) is 37.2 Å². The molecule has 2 fully saturated rings. The summed E-state index contributed by atoms with van der Waals surface area (Å²) in [5, 5.41) is 7.96. The molecule has 0 radical (unpaired) electrons. The van der Waals surface area contributed by atoms with Gasteiger partial charge < -0.3 is 10.2 Å². The zero-order chi connectivity index (χ0) is 17.1. The first-order valence-corrected chi connectivity index (χ1v) is 10.0. The summed E-state index contributed by atoms with van der Waals surface area (Å²) in [4.78, 5) is 17.0.